The zero-order valence-corrected chi connectivity index (χ0v) is 11.5. The molecule has 0 fully saturated rings. The third kappa shape index (κ3) is 2.61. The second-order valence-corrected chi connectivity index (χ2v) is 5.16. The molecular weight excluding hydrogens is 292 g/mol. The van der Waals surface area contributed by atoms with Gasteiger partial charge in [0, 0.05) is 11.6 Å². The third-order valence-corrected chi connectivity index (χ3v) is 3.55. The summed E-state index contributed by atoms with van der Waals surface area (Å²) in [5.41, 5.74) is -0.827. The van der Waals surface area contributed by atoms with Crippen molar-refractivity contribution in [3.8, 4) is 0 Å². The van der Waals surface area contributed by atoms with Crippen LogP contribution in [0.2, 0.25) is 0 Å². The summed E-state index contributed by atoms with van der Waals surface area (Å²) < 4.78 is 0.994. The Morgan fingerprint density at radius 1 is 1.29 bits per heavy atom. The average Bonchev–Trinajstić information content (AvgIpc) is 2.97. The number of rotatable bonds is 3. The quantitative estimate of drug-likeness (QED) is 0.747. The van der Waals surface area contributed by atoms with Gasteiger partial charge in [-0.25, -0.2) is 9.67 Å². The number of thiazole rings is 1. The predicted octanol–water partition coefficient (Wildman–Crippen LogP) is 0.785. The van der Waals surface area contributed by atoms with Gasteiger partial charge in [0.1, 0.15) is 6.54 Å². The lowest BCUT2D eigenvalue weighted by molar-refractivity contribution is -0.117. The van der Waals surface area contributed by atoms with Gasteiger partial charge >= 0.3 is 0 Å². The number of carbonyl (C=O) groups excluding carboxylic acids is 1. The normalized spacial score (nSPS) is 10.7. The molecule has 8 heteroatoms. The van der Waals surface area contributed by atoms with Crippen LogP contribution in [0.1, 0.15) is 0 Å². The molecule has 1 aromatic carbocycles. The Bertz CT molecular complexity index is 911. The van der Waals surface area contributed by atoms with Gasteiger partial charge in [0.05, 0.1) is 10.8 Å². The number of amides is 1. The molecule has 3 aromatic rings. The Morgan fingerprint density at radius 2 is 2.05 bits per heavy atom. The summed E-state index contributed by atoms with van der Waals surface area (Å²) in [6.07, 6.45) is 1.56. The second-order valence-electron chi connectivity index (χ2n) is 4.26. The van der Waals surface area contributed by atoms with E-state index in [-0.39, 0.29) is 11.9 Å². The van der Waals surface area contributed by atoms with Crippen molar-refractivity contribution in [3.63, 3.8) is 0 Å². The molecule has 0 spiro atoms. The van der Waals surface area contributed by atoms with Crippen molar-refractivity contribution in [1.29, 1.82) is 0 Å². The smallest absolute Gasteiger partial charge is 0.273 e. The number of benzene rings is 1. The topological polar surface area (TPSA) is 96.9 Å². The Kier molecular flexibility index (Phi) is 3.36. The van der Waals surface area contributed by atoms with Crippen molar-refractivity contribution in [2.24, 2.45) is 0 Å². The van der Waals surface area contributed by atoms with Crippen LogP contribution in [0.4, 0.5) is 5.13 Å². The average molecular weight is 302 g/mol. The predicted molar refractivity (Wildman–Crippen MR) is 79.6 cm³/mol. The molecule has 0 aliphatic carbocycles. The van der Waals surface area contributed by atoms with E-state index in [9.17, 15) is 14.4 Å². The Morgan fingerprint density at radius 3 is 2.76 bits per heavy atom. The molecule has 106 valence electrons. The number of fused-ring (bicyclic) bond motifs is 1. The molecule has 3 rings (SSSR count). The minimum absolute atomic E-state index is 0.279. The van der Waals surface area contributed by atoms with Gasteiger partial charge in [-0.1, -0.05) is 12.1 Å². The molecule has 0 aliphatic heterocycles. The number of aromatic nitrogens is 3. The summed E-state index contributed by atoms with van der Waals surface area (Å²) in [6, 6.07) is 6.47. The Balaban J connectivity index is 1.94. The van der Waals surface area contributed by atoms with Crippen LogP contribution >= 0.6 is 11.3 Å². The SMILES string of the molecule is O=C(Cn1[nH]c(=O)c2ccccc2c1=O)Nc1nccs1. The van der Waals surface area contributed by atoms with Gasteiger partial charge < -0.3 is 5.32 Å². The molecule has 7 nitrogen and oxygen atoms in total. The van der Waals surface area contributed by atoms with Gasteiger partial charge in [0.2, 0.25) is 5.91 Å². The summed E-state index contributed by atoms with van der Waals surface area (Å²) in [5.74, 6) is -0.432. The van der Waals surface area contributed by atoms with E-state index in [0.717, 1.165) is 4.68 Å². The molecule has 21 heavy (non-hydrogen) atoms. The first-order valence-corrected chi connectivity index (χ1v) is 6.94. The Hall–Kier alpha value is -2.74. The second kappa shape index (κ2) is 5.33. The van der Waals surface area contributed by atoms with Crippen LogP contribution in [-0.4, -0.2) is 20.7 Å². The molecule has 2 heterocycles. The first-order valence-electron chi connectivity index (χ1n) is 6.06. The fraction of sp³-hybridized carbons (Fsp3) is 0.0769. The zero-order chi connectivity index (χ0) is 14.8. The lowest BCUT2D eigenvalue weighted by Crippen LogP contribution is -2.34. The maximum Gasteiger partial charge on any atom is 0.273 e. The highest BCUT2D eigenvalue weighted by atomic mass is 32.1. The number of H-pyrrole nitrogens is 1. The van der Waals surface area contributed by atoms with E-state index in [4.69, 9.17) is 0 Å². The molecule has 0 saturated carbocycles. The molecule has 0 radical (unpaired) electrons. The van der Waals surface area contributed by atoms with Crippen LogP contribution in [0.3, 0.4) is 0 Å². The highest BCUT2D eigenvalue weighted by Gasteiger charge is 2.10. The van der Waals surface area contributed by atoms with E-state index < -0.39 is 17.0 Å². The van der Waals surface area contributed by atoms with E-state index in [1.54, 1.807) is 35.8 Å². The van der Waals surface area contributed by atoms with Gasteiger partial charge in [0.25, 0.3) is 11.1 Å². The highest BCUT2D eigenvalue weighted by molar-refractivity contribution is 7.13. The van der Waals surface area contributed by atoms with Crippen LogP contribution in [0.5, 0.6) is 0 Å². The maximum absolute atomic E-state index is 12.2. The highest BCUT2D eigenvalue weighted by Crippen LogP contribution is 2.09. The lowest BCUT2D eigenvalue weighted by atomic mass is 10.2. The summed E-state index contributed by atoms with van der Waals surface area (Å²) in [4.78, 5) is 39.9. The van der Waals surface area contributed by atoms with E-state index in [2.05, 4.69) is 15.4 Å². The number of anilines is 1. The third-order valence-electron chi connectivity index (χ3n) is 2.86. The van der Waals surface area contributed by atoms with Gasteiger partial charge in [0.15, 0.2) is 5.13 Å². The lowest BCUT2D eigenvalue weighted by Gasteiger charge is -2.06. The zero-order valence-electron chi connectivity index (χ0n) is 10.7. The standard InChI is InChI=1S/C13H10N4O3S/c18-10(15-13-14-5-6-21-13)7-17-12(20)9-4-2-1-3-8(9)11(19)16-17/h1-6H,7H2,(H,16,19)(H,14,15,18). The van der Waals surface area contributed by atoms with Crippen LogP contribution < -0.4 is 16.4 Å². The number of hydrogen-bond donors (Lipinski definition) is 2. The minimum Gasteiger partial charge on any atom is -0.300 e. The largest absolute Gasteiger partial charge is 0.300 e. The molecule has 0 saturated heterocycles. The maximum atomic E-state index is 12.2. The van der Waals surface area contributed by atoms with Gasteiger partial charge in [-0.3, -0.25) is 19.5 Å². The Labute approximate surface area is 121 Å². The van der Waals surface area contributed by atoms with E-state index in [1.807, 2.05) is 0 Å². The van der Waals surface area contributed by atoms with Gasteiger partial charge in [-0.2, -0.15) is 0 Å². The molecule has 0 bridgehead atoms. The van der Waals surface area contributed by atoms with Crippen molar-refractivity contribution in [2.45, 2.75) is 6.54 Å². The van der Waals surface area contributed by atoms with E-state index in [1.165, 1.54) is 11.3 Å². The van der Waals surface area contributed by atoms with Crippen LogP contribution in [0.15, 0.2) is 45.4 Å². The van der Waals surface area contributed by atoms with Crippen LogP contribution in [0.25, 0.3) is 10.8 Å². The molecule has 2 N–H and O–H groups in total. The first-order chi connectivity index (χ1) is 10.1. The fourth-order valence-electron chi connectivity index (χ4n) is 1.95. The van der Waals surface area contributed by atoms with E-state index >= 15 is 0 Å². The fourth-order valence-corrected chi connectivity index (χ4v) is 2.49. The molecule has 2 aromatic heterocycles. The van der Waals surface area contributed by atoms with Crippen LogP contribution in [0, 0.1) is 0 Å². The molecular formula is C13H10N4O3S. The number of aromatic amines is 1. The number of nitrogens with zero attached hydrogens (tertiary/aromatic N) is 2. The summed E-state index contributed by atoms with van der Waals surface area (Å²) in [5, 5.41) is 7.70. The van der Waals surface area contributed by atoms with Gasteiger partial charge in [-0.05, 0) is 12.1 Å². The van der Waals surface area contributed by atoms with Crippen molar-refractivity contribution in [3.05, 3.63) is 56.5 Å². The number of nitrogens with one attached hydrogen (secondary N) is 2. The molecule has 0 atom stereocenters. The van der Waals surface area contributed by atoms with Crippen LogP contribution in [-0.2, 0) is 11.3 Å². The molecule has 1 amide bonds. The summed E-state index contributed by atoms with van der Waals surface area (Å²) in [7, 11) is 0. The molecule has 0 aliphatic rings. The van der Waals surface area contributed by atoms with Crippen molar-refractivity contribution in [2.75, 3.05) is 5.32 Å². The number of carbonyl (C=O) groups is 1. The monoisotopic (exact) mass is 302 g/mol. The summed E-state index contributed by atoms with van der Waals surface area (Å²) >= 11 is 1.27. The van der Waals surface area contributed by atoms with Crippen molar-refractivity contribution >= 4 is 33.1 Å². The van der Waals surface area contributed by atoms with Crippen molar-refractivity contribution in [1.82, 2.24) is 14.8 Å². The van der Waals surface area contributed by atoms with Gasteiger partial charge in [-0.15, -0.1) is 11.3 Å². The first kappa shape index (κ1) is 13.3. The van der Waals surface area contributed by atoms with E-state index in [0.29, 0.717) is 10.5 Å². The molecule has 0 unspecified atom stereocenters. The number of hydrogen-bond acceptors (Lipinski definition) is 5. The minimum atomic E-state index is -0.432. The summed E-state index contributed by atoms with van der Waals surface area (Å²) in [6.45, 7) is -0.279. The van der Waals surface area contributed by atoms with Crippen molar-refractivity contribution < 1.29 is 4.79 Å².